The van der Waals surface area contributed by atoms with Gasteiger partial charge in [0.15, 0.2) is 0 Å². The summed E-state index contributed by atoms with van der Waals surface area (Å²) >= 11 is 1.54. The Morgan fingerprint density at radius 1 is 0.913 bits per heavy atom. The zero-order chi connectivity index (χ0) is 35.0. The quantitative estimate of drug-likeness (QED) is 0.101. The molecule has 1 unspecified atom stereocenters. The highest BCUT2D eigenvalue weighted by Crippen LogP contribution is 2.28. The Kier molecular flexibility index (Phi) is 19.4. The highest BCUT2D eigenvalue weighted by molar-refractivity contribution is 7.98. The van der Waals surface area contributed by atoms with Crippen LogP contribution in [0.3, 0.4) is 0 Å². The number of ether oxygens (including phenoxy) is 1. The molecule has 0 aromatic rings. The van der Waals surface area contributed by atoms with Crippen LogP contribution in [0.15, 0.2) is 0 Å². The summed E-state index contributed by atoms with van der Waals surface area (Å²) in [6.45, 7) is 15.6. The van der Waals surface area contributed by atoms with Crippen molar-refractivity contribution in [3.63, 3.8) is 0 Å². The molecule has 0 radical (unpaired) electrons. The van der Waals surface area contributed by atoms with Gasteiger partial charge in [0, 0.05) is 26.0 Å². The number of aliphatic hydroxyl groups excluding tert-OH is 1. The molecule has 8 atom stereocenters. The van der Waals surface area contributed by atoms with Crippen LogP contribution in [0.1, 0.15) is 93.9 Å². The lowest BCUT2D eigenvalue weighted by molar-refractivity contribution is -0.138. The third-order valence-electron chi connectivity index (χ3n) is 8.47. The number of carbonyl (C=O) groups excluding carboxylic acids is 5. The first-order valence-electron chi connectivity index (χ1n) is 16.9. The van der Waals surface area contributed by atoms with Gasteiger partial charge in [-0.05, 0) is 55.4 Å². The molecule has 46 heavy (non-hydrogen) atoms. The Morgan fingerprint density at radius 2 is 1.59 bits per heavy atom. The van der Waals surface area contributed by atoms with E-state index in [4.69, 9.17) is 4.74 Å². The number of thioether (sulfide) groups is 1. The Hall–Kier alpha value is -2.38. The molecule has 0 spiro atoms. The lowest BCUT2D eigenvalue weighted by atomic mass is 9.85. The summed E-state index contributed by atoms with van der Waals surface area (Å²) in [5.41, 5.74) is 0. The van der Waals surface area contributed by atoms with Crippen LogP contribution < -0.4 is 26.6 Å². The minimum atomic E-state index is -1.12. The molecular formula is C33H61N5O7S. The van der Waals surface area contributed by atoms with Gasteiger partial charge in [0.05, 0.1) is 12.1 Å². The molecule has 0 aliphatic carbocycles. The Balaban J connectivity index is 3.15. The summed E-state index contributed by atoms with van der Waals surface area (Å²) in [5, 5.41) is 25.9. The molecule has 1 aliphatic heterocycles. The van der Waals surface area contributed by atoms with Crippen molar-refractivity contribution in [2.24, 2.45) is 23.7 Å². The molecule has 266 valence electrons. The summed E-state index contributed by atoms with van der Waals surface area (Å²) < 4.78 is 5.80. The summed E-state index contributed by atoms with van der Waals surface area (Å²) in [7, 11) is 0. The molecule has 5 amide bonds. The molecule has 0 saturated carbocycles. The number of aliphatic hydroxyl groups is 1. The van der Waals surface area contributed by atoms with Gasteiger partial charge in [0.2, 0.25) is 29.5 Å². The van der Waals surface area contributed by atoms with Crippen LogP contribution in [-0.2, 0) is 28.7 Å². The van der Waals surface area contributed by atoms with Crippen LogP contribution in [0.5, 0.6) is 0 Å². The van der Waals surface area contributed by atoms with Crippen LogP contribution in [0.4, 0.5) is 0 Å². The van der Waals surface area contributed by atoms with E-state index in [-0.39, 0.29) is 36.2 Å². The normalized spacial score (nSPS) is 20.3. The third kappa shape index (κ3) is 13.8. The third-order valence-corrected chi connectivity index (χ3v) is 9.12. The second kappa shape index (κ2) is 21.5. The van der Waals surface area contributed by atoms with Gasteiger partial charge in [0.25, 0.3) is 0 Å². The number of hydrogen-bond donors (Lipinski definition) is 6. The smallest absolute Gasteiger partial charge is 0.250 e. The van der Waals surface area contributed by atoms with Gasteiger partial charge in [-0.2, -0.15) is 11.8 Å². The molecule has 1 rings (SSSR count). The average molecular weight is 672 g/mol. The molecule has 1 heterocycles. The maximum absolute atomic E-state index is 13.7. The minimum Gasteiger partial charge on any atom is -0.391 e. The number of hydrogen-bond acceptors (Lipinski definition) is 8. The largest absolute Gasteiger partial charge is 0.391 e. The van der Waals surface area contributed by atoms with Crippen molar-refractivity contribution >= 4 is 41.3 Å². The molecule has 0 bridgehead atoms. The van der Waals surface area contributed by atoms with E-state index in [2.05, 4.69) is 26.6 Å². The predicted octanol–water partition coefficient (Wildman–Crippen LogP) is 2.13. The van der Waals surface area contributed by atoms with Gasteiger partial charge in [0.1, 0.15) is 24.2 Å². The summed E-state index contributed by atoms with van der Waals surface area (Å²) in [6.07, 6.45) is 3.40. The lowest BCUT2D eigenvalue weighted by Gasteiger charge is -2.33. The highest BCUT2D eigenvalue weighted by atomic mass is 32.2. The molecule has 12 nitrogen and oxygen atoms in total. The van der Waals surface area contributed by atoms with Crippen LogP contribution in [0.2, 0.25) is 0 Å². The fourth-order valence-corrected chi connectivity index (χ4v) is 6.03. The van der Waals surface area contributed by atoms with E-state index < -0.39 is 60.0 Å². The Morgan fingerprint density at radius 3 is 2.13 bits per heavy atom. The van der Waals surface area contributed by atoms with Gasteiger partial charge in [-0.1, -0.05) is 61.3 Å². The van der Waals surface area contributed by atoms with Crippen molar-refractivity contribution in [2.75, 3.05) is 25.2 Å². The maximum atomic E-state index is 13.7. The van der Waals surface area contributed by atoms with Gasteiger partial charge in [-0.15, -0.1) is 0 Å². The first-order valence-corrected chi connectivity index (χ1v) is 18.3. The van der Waals surface area contributed by atoms with Gasteiger partial charge >= 0.3 is 0 Å². The molecule has 13 heteroatoms. The fraction of sp³-hybridized carbons (Fsp3) is 0.848. The Bertz CT molecular complexity index is 982. The van der Waals surface area contributed by atoms with E-state index in [1.54, 1.807) is 0 Å². The number of unbranched alkanes of at least 4 members (excludes halogenated alkanes) is 1. The number of nitrogens with one attached hydrogen (secondary N) is 5. The molecule has 0 aromatic heterocycles. The van der Waals surface area contributed by atoms with E-state index in [0.717, 1.165) is 12.8 Å². The van der Waals surface area contributed by atoms with Crippen molar-refractivity contribution < 1.29 is 33.8 Å². The standard InChI is InChI=1S/C33H61N5O7S/c1-10-12-15-34-31(42)26(20(5)6)38-33(44)29-23(13-16-45-29)28(40)25(18-19(3)4)37-30(41)24(14-17-46-9)36-32(43)27(21(7)11-2)35-22(8)39/h19-21,23-29,40H,10-18H2,1-9H3,(H,34,42)(H,35,39)(H,36,43)(H,37,41)(H,38,44)/t21?,23-,24-,25-,26-,27-,28-,29+/m0/s1. The summed E-state index contributed by atoms with van der Waals surface area (Å²) in [6, 6.07) is -3.15. The van der Waals surface area contributed by atoms with Crippen LogP contribution >= 0.6 is 11.8 Å². The van der Waals surface area contributed by atoms with Gasteiger partial charge < -0.3 is 36.4 Å². The van der Waals surface area contributed by atoms with E-state index in [0.29, 0.717) is 38.0 Å². The van der Waals surface area contributed by atoms with Crippen LogP contribution in [-0.4, -0.2) is 96.2 Å². The fourth-order valence-electron chi connectivity index (χ4n) is 5.55. The molecule has 1 saturated heterocycles. The molecule has 1 aliphatic rings. The SMILES string of the molecule is CCCCNC(=O)[C@@H](NC(=O)[C@@H]1OCC[C@H]1[C@H](O)[C@H](CC(C)C)NC(=O)[C@H](CCSC)NC(=O)[C@@H](NC(C)=O)C(C)CC)C(C)C. The molecule has 1 fully saturated rings. The average Bonchev–Trinajstić information content (AvgIpc) is 3.49. The topological polar surface area (TPSA) is 175 Å². The first-order chi connectivity index (χ1) is 21.7. The Labute approximate surface area is 280 Å². The van der Waals surface area contributed by atoms with E-state index in [9.17, 15) is 29.1 Å². The lowest BCUT2D eigenvalue weighted by Crippen LogP contribution is -2.59. The zero-order valence-electron chi connectivity index (χ0n) is 29.4. The molecule has 6 N–H and O–H groups in total. The van der Waals surface area contributed by atoms with Gasteiger partial charge in [-0.3, -0.25) is 24.0 Å². The van der Waals surface area contributed by atoms with Crippen molar-refractivity contribution in [3.05, 3.63) is 0 Å². The van der Waals surface area contributed by atoms with E-state index in [1.807, 2.05) is 54.7 Å². The maximum Gasteiger partial charge on any atom is 0.250 e. The van der Waals surface area contributed by atoms with Crippen molar-refractivity contribution in [1.82, 2.24) is 26.6 Å². The van der Waals surface area contributed by atoms with Crippen LogP contribution in [0.25, 0.3) is 0 Å². The summed E-state index contributed by atoms with van der Waals surface area (Å²) in [5.74, 6) is -2.18. The van der Waals surface area contributed by atoms with Crippen LogP contribution in [0, 0.1) is 23.7 Å². The second-order valence-electron chi connectivity index (χ2n) is 13.3. The van der Waals surface area contributed by atoms with Gasteiger partial charge in [-0.25, -0.2) is 0 Å². The highest BCUT2D eigenvalue weighted by Gasteiger charge is 2.43. The van der Waals surface area contributed by atoms with E-state index >= 15 is 0 Å². The molecular weight excluding hydrogens is 610 g/mol. The van der Waals surface area contributed by atoms with Crippen molar-refractivity contribution in [1.29, 1.82) is 0 Å². The number of rotatable bonds is 21. The zero-order valence-corrected chi connectivity index (χ0v) is 30.3. The number of carbonyl (C=O) groups is 5. The monoisotopic (exact) mass is 671 g/mol. The van der Waals surface area contributed by atoms with Crippen molar-refractivity contribution in [2.45, 2.75) is 130 Å². The molecule has 0 aromatic carbocycles. The minimum absolute atomic E-state index is 0.0977. The summed E-state index contributed by atoms with van der Waals surface area (Å²) in [4.78, 5) is 65.1. The van der Waals surface area contributed by atoms with Crippen molar-refractivity contribution in [3.8, 4) is 0 Å². The van der Waals surface area contributed by atoms with E-state index in [1.165, 1.54) is 18.7 Å². The second-order valence-corrected chi connectivity index (χ2v) is 14.2. The first kappa shape index (κ1) is 41.6. The predicted molar refractivity (Wildman–Crippen MR) is 182 cm³/mol. The number of amides is 5.